The van der Waals surface area contributed by atoms with Gasteiger partial charge in [0.05, 0.1) is 6.61 Å². The Bertz CT molecular complexity index is 333. The number of benzene rings is 1. The van der Waals surface area contributed by atoms with Crippen LogP contribution in [0, 0.1) is 0 Å². The van der Waals surface area contributed by atoms with E-state index in [1.807, 2.05) is 31.2 Å². The van der Waals surface area contributed by atoms with Crippen LogP contribution in [0.4, 0.5) is 0 Å². The zero-order valence-corrected chi connectivity index (χ0v) is 10.7. The number of nitrogens with one attached hydrogen (secondary N) is 1. The summed E-state index contributed by atoms with van der Waals surface area (Å²) in [4.78, 5) is 11.1. The van der Waals surface area contributed by atoms with Gasteiger partial charge in [0.2, 0.25) is 5.91 Å². The minimum Gasteiger partial charge on any atom is -0.494 e. The Labute approximate surface area is 103 Å². The van der Waals surface area contributed by atoms with E-state index < -0.39 is 0 Å². The Morgan fingerprint density at radius 1 is 1.24 bits per heavy atom. The number of hydrogen-bond acceptors (Lipinski definition) is 2. The second-order valence-corrected chi connectivity index (χ2v) is 3.98. The average molecular weight is 235 g/mol. The van der Waals surface area contributed by atoms with Gasteiger partial charge in [-0.15, -0.1) is 0 Å². The number of rotatable bonds is 7. The van der Waals surface area contributed by atoms with Crippen LogP contribution in [0.3, 0.4) is 0 Å². The highest BCUT2D eigenvalue weighted by atomic mass is 16.5. The number of ether oxygens (including phenoxy) is 1. The average Bonchev–Trinajstić information content (AvgIpc) is 2.37. The second-order valence-electron chi connectivity index (χ2n) is 3.98. The molecule has 0 aliphatic heterocycles. The fraction of sp³-hybridized carbons (Fsp3) is 0.500. The molecule has 17 heavy (non-hydrogen) atoms. The van der Waals surface area contributed by atoms with Crippen molar-refractivity contribution < 1.29 is 9.53 Å². The molecule has 0 heterocycles. The summed E-state index contributed by atoms with van der Waals surface area (Å²) in [7, 11) is 0. The second kappa shape index (κ2) is 7.71. The molecule has 0 fully saturated rings. The highest BCUT2D eigenvalue weighted by Crippen LogP contribution is 2.12. The van der Waals surface area contributed by atoms with Gasteiger partial charge in [-0.2, -0.15) is 0 Å². The number of amides is 1. The maximum atomic E-state index is 11.1. The molecule has 0 aromatic heterocycles. The maximum absolute atomic E-state index is 11.1. The van der Waals surface area contributed by atoms with Crippen molar-refractivity contribution in [2.75, 3.05) is 6.61 Å². The Morgan fingerprint density at radius 3 is 2.53 bits per heavy atom. The van der Waals surface area contributed by atoms with Crippen LogP contribution in [0.15, 0.2) is 24.3 Å². The number of hydrogen-bond donors (Lipinski definition) is 1. The third kappa shape index (κ3) is 5.38. The van der Waals surface area contributed by atoms with Crippen molar-refractivity contribution in [2.45, 2.75) is 39.7 Å². The lowest BCUT2D eigenvalue weighted by Gasteiger charge is -2.07. The van der Waals surface area contributed by atoms with Crippen LogP contribution in [0.1, 0.15) is 38.7 Å². The van der Waals surface area contributed by atoms with E-state index in [4.69, 9.17) is 4.74 Å². The van der Waals surface area contributed by atoms with Gasteiger partial charge in [0.25, 0.3) is 0 Å². The first-order valence-electron chi connectivity index (χ1n) is 6.24. The molecule has 0 saturated carbocycles. The van der Waals surface area contributed by atoms with Gasteiger partial charge in [-0.3, -0.25) is 4.79 Å². The molecule has 0 radical (unpaired) electrons. The first kappa shape index (κ1) is 13.6. The van der Waals surface area contributed by atoms with Crippen molar-refractivity contribution in [1.82, 2.24) is 5.32 Å². The number of carbonyl (C=O) groups is 1. The minimum atomic E-state index is 0.0771. The number of carbonyl (C=O) groups excluding carboxylic acids is 1. The van der Waals surface area contributed by atoms with Gasteiger partial charge in [0.1, 0.15) is 5.75 Å². The van der Waals surface area contributed by atoms with Crippen molar-refractivity contribution >= 4 is 5.91 Å². The predicted molar refractivity (Wildman–Crippen MR) is 69.0 cm³/mol. The summed E-state index contributed by atoms with van der Waals surface area (Å²) in [5.41, 5.74) is 1.09. The van der Waals surface area contributed by atoms with Gasteiger partial charge < -0.3 is 10.1 Å². The molecule has 0 saturated heterocycles. The van der Waals surface area contributed by atoms with Crippen molar-refractivity contribution in [3.05, 3.63) is 29.8 Å². The molecule has 1 aromatic rings. The summed E-state index contributed by atoms with van der Waals surface area (Å²) < 4.78 is 5.56. The van der Waals surface area contributed by atoms with E-state index in [0.717, 1.165) is 30.8 Å². The van der Waals surface area contributed by atoms with Crippen molar-refractivity contribution in [3.63, 3.8) is 0 Å². The van der Waals surface area contributed by atoms with Crippen molar-refractivity contribution in [3.8, 4) is 5.75 Å². The van der Waals surface area contributed by atoms with E-state index in [9.17, 15) is 4.79 Å². The van der Waals surface area contributed by atoms with Crippen LogP contribution in [-0.2, 0) is 11.3 Å². The SMILES string of the molecule is CCCCOc1ccc(CNC(=O)CC)cc1. The van der Waals surface area contributed by atoms with Crippen LogP contribution in [-0.4, -0.2) is 12.5 Å². The van der Waals surface area contributed by atoms with Gasteiger partial charge >= 0.3 is 0 Å². The molecule has 1 N–H and O–H groups in total. The molecule has 0 spiro atoms. The Morgan fingerprint density at radius 2 is 1.94 bits per heavy atom. The van der Waals surface area contributed by atoms with Gasteiger partial charge in [0, 0.05) is 13.0 Å². The normalized spacial score (nSPS) is 10.0. The molecular weight excluding hydrogens is 214 g/mol. The van der Waals surface area contributed by atoms with E-state index in [1.54, 1.807) is 0 Å². The minimum absolute atomic E-state index is 0.0771. The third-order valence-electron chi connectivity index (χ3n) is 2.50. The van der Waals surface area contributed by atoms with E-state index >= 15 is 0 Å². The molecule has 1 rings (SSSR count). The van der Waals surface area contributed by atoms with Gasteiger partial charge in [-0.1, -0.05) is 32.4 Å². The topological polar surface area (TPSA) is 38.3 Å². The molecule has 0 bridgehead atoms. The molecule has 1 aromatic carbocycles. The lowest BCUT2D eigenvalue weighted by molar-refractivity contribution is -0.120. The molecule has 0 aliphatic carbocycles. The molecule has 1 amide bonds. The zero-order valence-electron chi connectivity index (χ0n) is 10.7. The summed E-state index contributed by atoms with van der Waals surface area (Å²) in [6.07, 6.45) is 2.74. The van der Waals surface area contributed by atoms with Gasteiger partial charge in [0.15, 0.2) is 0 Å². The van der Waals surface area contributed by atoms with Crippen molar-refractivity contribution in [1.29, 1.82) is 0 Å². The van der Waals surface area contributed by atoms with E-state index in [-0.39, 0.29) is 5.91 Å². The van der Waals surface area contributed by atoms with Gasteiger partial charge in [-0.05, 0) is 24.1 Å². The van der Waals surface area contributed by atoms with E-state index in [1.165, 1.54) is 0 Å². The summed E-state index contributed by atoms with van der Waals surface area (Å²) in [6, 6.07) is 7.86. The van der Waals surface area contributed by atoms with Crippen LogP contribution in [0.5, 0.6) is 5.75 Å². The van der Waals surface area contributed by atoms with E-state index in [2.05, 4.69) is 12.2 Å². The fourth-order valence-corrected chi connectivity index (χ4v) is 1.36. The lowest BCUT2D eigenvalue weighted by Crippen LogP contribution is -2.21. The van der Waals surface area contributed by atoms with Crippen LogP contribution in [0.25, 0.3) is 0 Å². The quantitative estimate of drug-likeness (QED) is 0.738. The summed E-state index contributed by atoms with van der Waals surface area (Å²) in [5, 5.41) is 2.84. The molecule has 94 valence electrons. The van der Waals surface area contributed by atoms with E-state index in [0.29, 0.717) is 13.0 Å². The maximum Gasteiger partial charge on any atom is 0.219 e. The highest BCUT2D eigenvalue weighted by Gasteiger charge is 1.98. The smallest absolute Gasteiger partial charge is 0.219 e. The molecule has 0 unspecified atom stereocenters. The summed E-state index contributed by atoms with van der Waals surface area (Å²) in [5.74, 6) is 0.970. The Balaban J connectivity index is 2.36. The zero-order chi connectivity index (χ0) is 12.5. The molecule has 0 aliphatic rings. The first-order chi connectivity index (χ1) is 8.26. The van der Waals surface area contributed by atoms with Gasteiger partial charge in [-0.25, -0.2) is 0 Å². The summed E-state index contributed by atoms with van der Waals surface area (Å²) >= 11 is 0. The Hall–Kier alpha value is -1.51. The largest absolute Gasteiger partial charge is 0.494 e. The predicted octanol–water partition coefficient (Wildman–Crippen LogP) is 2.89. The Kier molecular flexibility index (Phi) is 6.15. The number of unbranched alkanes of at least 4 members (excludes halogenated alkanes) is 1. The van der Waals surface area contributed by atoms with Crippen molar-refractivity contribution in [2.24, 2.45) is 0 Å². The first-order valence-corrected chi connectivity index (χ1v) is 6.24. The monoisotopic (exact) mass is 235 g/mol. The third-order valence-corrected chi connectivity index (χ3v) is 2.50. The standard InChI is InChI=1S/C14H21NO2/c1-3-5-10-17-13-8-6-12(7-9-13)11-15-14(16)4-2/h6-9H,3-5,10-11H2,1-2H3,(H,15,16). The van der Waals surface area contributed by atoms with Crippen LogP contribution in [0.2, 0.25) is 0 Å². The fourth-order valence-electron chi connectivity index (χ4n) is 1.36. The molecule has 3 heteroatoms. The molecule has 0 atom stereocenters. The molecule has 3 nitrogen and oxygen atoms in total. The summed E-state index contributed by atoms with van der Waals surface area (Å²) in [6.45, 7) is 5.34. The highest BCUT2D eigenvalue weighted by molar-refractivity contribution is 5.75. The van der Waals surface area contributed by atoms with Crippen LogP contribution < -0.4 is 10.1 Å². The lowest BCUT2D eigenvalue weighted by atomic mass is 10.2. The molecular formula is C14H21NO2. The van der Waals surface area contributed by atoms with Crippen LogP contribution >= 0.6 is 0 Å².